The molecule has 0 spiro atoms. The van der Waals surface area contributed by atoms with Gasteiger partial charge in [-0.05, 0) is 31.6 Å². The van der Waals surface area contributed by atoms with E-state index in [1.54, 1.807) is 11.3 Å². The zero-order valence-electron chi connectivity index (χ0n) is 13.9. The number of aryl methyl sites for hydroxylation is 1. The zero-order chi connectivity index (χ0) is 15.1. The second-order valence-corrected chi connectivity index (χ2v) is 7.29. The number of nitrogens with one attached hydrogen (secondary N) is 2. The van der Waals surface area contributed by atoms with E-state index in [1.807, 2.05) is 13.2 Å². The number of nitrogens with zero attached hydrogens (tertiary/aromatic N) is 2. The summed E-state index contributed by atoms with van der Waals surface area (Å²) in [7, 11) is 1.83. The Labute approximate surface area is 155 Å². The molecule has 0 atom stereocenters. The summed E-state index contributed by atoms with van der Waals surface area (Å²) in [4.78, 5) is 9.91. The maximum absolute atomic E-state index is 4.36. The average Bonchev–Trinajstić information content (AvgIpc) is 2.93. The van der Waals surface area contributed by atoms with Crippen LogP contribution in [0.2, 0.25) is 0 Å². The van der Waals surface area contributed by atoms with E-state index in [2.05, 4.69) is 34.5 Å². The number of aliphatic imine (C=N–C) groups is 1. The van der Waals surface area contributed by atoms with E-state index in [0.29, 0.717) is 0 Å². The average molecular weight is 436 g/mol. The predicted molar refractivity (Wildman–Crippen MR) is 106 cm³/mol. The van der Waals surface area contributed by atoms with Crippen LogP contribution in [0.1, 0.15) is 48.9 Å². The highest BCUT2D eigenvalue weighted by molar-refractivity contribution is 14.0. The summed E-state index contributed by atoms with van der Waals surface area (Å²) < 4.78 is 0. The fourth-order valence-corrected chi connectivity index (χ4v) is 3.67. The second kappa shape index (κ2) is 10.4. The number of halogens is 1. The minimum atomic E-state index is 0. The van der Waals surface area contributed by atoms with Crippen LogP contribution in [0.5, 0.6) is 0 Å². The molecule has 1 aliphatic carbocycles. The molecule has 1 aromatic rings. The number of rotatable bonds is 5. The van der Waals surface area contributed by atoms with Gasteiger partial charge in [0.1, 0.15) is 5.01 Å². The lowest BCUT2D eigenvalue weighted by atomic mass is 9.81. The molecule has 4 nitrogen and oxygen atoms in total. The summed E-state index contributed by atoms with van der Waals surface area (Å²) >= 11 is 1.73. The Morgan fingerprint density at radius 3 is 2.50 bits per heavy atom. The van der Waals surface area contributed by atoms with Crippen molar-refractivity contribution in [1.29, 1.82) is 0 Å². The Kier molecular flexibility index (Phi) is 9.31. The molecule has 126 valence electrons. The molecule has 1 fully saturated rings. The molecule has 1 saturated carbocycles. The zero-order valence-corrected chi connectivity index (χ0v) is 17.0. The highest BCUT2D eigenvalue weighted by atomic mass is 127. The van der Waals surface area contributed by atoms with Crippen molar-refractivity contribution in [2.24, 2.45) is 16.8 Å². The topological polar surface area (TPSA) is 49.3 Å². The number of thiazole rings is 1. The van der Waals surface area contributed by atoms with Gasteiger partial charge in [0.2, 0.25) is 0 Å². The smallest absolute Gasteiger partial charge is 0.191 e. The molecular formula is C16H29IN4S. The lowest BCUT2D eigenvalue weighted by Crippen LogP contribution is -2.40. The third-order valence-corrected chi connectivity index (χ3v) is 5.31. The first-order valence-electron chi connectivity index (χ1n) is 8.07. The summed E-state index contributed by atoms with van der Waals surface area (Å²) in [6, 6.07) is 0. The van der Waals surface area contributed by atoms with Crippen LogP contribution in [0.25, 0.3) is 0 Å². The summed E-state index contributed by atoms with van der Waals surface area (Å²) in [6.07, 6.45) is 8.77. The van der Waals surface area contributed by atoms with Crippen LogP contribution in [-0.4, -0.2) is 24.5 Å². The van der Waals surface area contributed by atoms with Gasteiger partial charge in [-0.2, -0.15) is 0 Å². The van der Waals surface area contributed by atoms with Crippen LogP contribution in [0.3, 0.4) is 0 Å². The largest absolute Gasteiger partial charge is 0.356 e. The van der Waals surface area contributed by atoms with E-state index in [4.69, 9.17) is 0 Å². The first-order valence-corrected chi connectivity index (χ1v) is 8.88. The summed E-state index contributed by atoms with van der Waals surface area (Å²) in [5, 5.41) is 7.92. The molecule has 1 aliphatic rings. The Bertz CT molecular complexity index is 453. The van der Waals surface area contributed by atoms with Gasteiger partial charge < -0.3 is 10.6 Å². The highest BCUT2D eigenvalue weighted by Gasteiger charge is 2.19. The van der Waals surface area contributed by atoms with Gasteiger partial charge in [-0.25, -0.2) is 4.98 Å². The molecule has 0 unspecified atom stereocenters. The van der Waals surface area contributed by atoms with Gasteiger partial charge in [0.25, 0.3) is 0 Å². The number of hydrogen-bond donors (Lipinski definition) is 2. The van der Waals surface area contributed by atoms with Crippen LogP contribution in [0.4, 0.5) is 0 Å². The summed E-state index contributed by atoms with van der Waals surface area (Å²) in [6.45, 7) is 6.18. The first kappa shape index (κ1) is 19.7. The van der Waals surface area contributed by atoms with Crippen molar-refractivity contribution in [3.8, 4) is 0 Å². The molecule has 0 bridgehead atoms. The fourth-order valence-electron chi connectivity index (χ4n) is 2.95. The molecule has 2 N–H and O–H groups in total. The number of aromatic nitrogens is 1. The van der Waals surface area contributed by atoms with Crippen molar-refractivity contribution in [3.05, 3.63) is 16.1 Å². The van der Waals surface area contributed by atoms with Gasteiger partial charge in [0.15, 0.2) is 5.96 Å². The molecule has 0 aliphatic heterocycles. The van der Waals surface area contributed by atoms with Crippen LogP contribution in [-0.2, 0) is 6.54 Å². The van der Waals surface area contributed by atoms with Gasteiger partial charge in [0, 0.05) is 24.7 Å². The van der Waals surface area contributed by atoms with E-state index in [1.165, 1.54) is 37.0 Å². The van der Waals surface area contributed by atoms with E-state index in [0.717, 1.165) is 35.9 Å². The quantitative estimate of drug-likeness (QED) is 0.418. The molecule has 6 heteroatoms. The predicted octanol–water partition coefficient (Wildman–Crippen LogP) is 3.95. The fraction of sp³-hybridized carbons (Fsp3) is 0.750. The molecule has 2 rings (SSSR count). The number of guanidine groups is 1. The van der Waals surface area contributed by atoms with Gasteiger partial charge in [-0.3, -0.25) is 4.99 Å². The second-order valence-electron chi connectivity index (χ2n) is 5.97. The molecule has 0 amide bonds. The van der Waals surface area contributed by atoms with E-state index >= 15 is 0 Å². The van der Waals surface area contributed by atoms with Gasteiger partial charge in [-0.15, -0.1) is 35.3 Å². The maximum Gasteiger partial charge on any atom is 0.191 e. The number of hydrogen-bond acceptors (Lipinski definition) is 3. The summed E-state index contributed by atoms with van der Waals surface area (Å²) in [5.74, 6) is 2.65. The standard InChI is InChI=1S/C16H28N4S.HI/c1-4-13-5-7-14(8-6-13)10-19-16(17-3)20-11-15-18-9-12(2)21-15;/h9,13-14H,4-8,10-11H2,1-3H3,(H2,17,19,20);1H. The first-order chi connectivity index (χ1) is 10.2. The third kappa shape index (κ3) is 6.40. The van der Waals surface area contributed by atoms with Crippen molar-refractivity contribution >= 4 is 41.3 Å². The lowest BCUT2D eigenvalue weighted by Gasteiger charge is -2.28. The van der Waals surface area contributed by atoms with Gasteiger partial charge in [0.05, 0.1) is 6.54 Å². The Morgan fingerprint density at radius 2 is 1.95 bits per heavy atom. The van der Waals surface area contributed by atoms with Crippen molar-refractivity contribution in [3.63, 3.8) is 0 Å². The summed E-state index contributed by atoms with van der Waals surface area (Å²) in [5.41, 5.74) is 0. The Hall–Kier alpha value is -0.370. The van der Waals surface area contributed by atoms with E-state index in [9.17, 15) is 0 Å². The molecule has 0 radical (unpaired) electrons. The van der Waals surface area contributed by atoms with Gasteiger partial charge in [-0.1, -0.05) is 26.2 Å². The Balaban J connectivity index is 0.00000242. The monoisotopic (exact) mass is 436 g/mol. The van der Waals surface area contributed by atoms with Gasteiger partial charge >= 0.3 is 0 Å². The molecule has 22 heavy (non-hydrogen) atoms. The molecular weight excluding hydrogens is 407 g/mol. The van der Waals surface area contributed by atoms with E-state index < -0.39 is 0 Å². The van der Waals surface area contributed by atoms with Crippen LogP contribution in [0.15, 0.2) is 11.2 Å². The van der Waals surface area contributed by atoms with Crippen LogP contribution in [0, 0.1) is 18.8 Å². The third-order valence-electron chi connectivity index (χ3n) is 4.40. The van der Waals surface area contributed by atoms with Crippen molar-refractivity contribution < 1.29 is 0 Å². The lowest BCUT2D eigenvalue weighted by molar-refractivity contribution is 0.269. The SMILES string of the molecule is CCC1CCC(CNC(=NC)NCc2ncc(C)s2)CC1.I. The van der Waals surface area contributed by atoms with E-state index in [-0.39, 0.29) is 24.0 Å². The van der Waals surface area contributed by atoms with Crippen molar-refractivity contribution in [2.45, 2.75) is 52.5 Å². The minimum Gasteiger partial charge on any atom is -0.356 e. The molecule has 1 heterocycles. The van der Waals surface area contributed by atoms with Crippen LogP contribution < -0.4 is 10.6 Å². The molecule has 0 saturated heterocycles. The Morgan fingerprint density at radius 1 is 1.27 bits per heavy atom. The van der Waals surface area contributed by atoms with Crippen molar-refractivity contribution in [2.75, 3.05) is 13.6 Å². The highest BCUT2D eigenvalue weighted by Crippen LogP contribution is 2.30. The minimum absolute atomic E-state index is 0. The van der Waals surface area contributed by atoms with Crippen molar-refractivity contribution in [1.82, 2.24) is 15.6 Å². The normalized spacial score (nSPS) is 22.0. The molecule has 0 aromatic carbocycles. The maximum atomic E-state index is 4.36. The van der Waals surface area contributed by atoms with Crippen LogP contribution >= 0.6 is 35.3 Å². The molecule has 1 aromatic heterocycles.